The first-order valence-corrected chi connectivity index (χ1v) is 28.3. The number of anilines is 5. The number of hydrogen-bond donors (Lipinski definition) is 3. The highest BCUT2D eigenvalue weighted by atomic mass is 19.1. The Kier molecular flexibility index (Phi) is 28.9. The highest BCUT2D eigenvalue weighted by Crippen LogP contribution is 2.37. The number of benzene rings is 4. The summed E-state index contributed by atoms with van der Waals surface area (Å²) in [4.78, 5) is 59.9. The van der Waals surface area contributed by atoms with Gasteiger partial charge in [-0.05, 0) is 116 Å². The van der Waals surface area contributed by atoms with Crippen LogP contribution in [0.15, 0.2) is 72.8 Å². The number of carbonyl (C=O) groups excluding carboxylic acids is 1. The van der Waals surface area contributed by atoms with E-state index >= 15 is 0 Å². The van der Waals surface area contributed by atoms with Crippen molar-refractivity contribution >= 4 is 51.8 Å². The van der Waals surface area contributed by atoms with E-state index in [1.807, 2.05) is 12.1 Å². The summed E-state index contributed by atoms with van der Waals surface area (Å²) in [7, 11) is 0. The van der Waals surface area contributed by atoms with E-state index in [1.165, 1.54) is 18.9 Å². The molecule has 0 bridgehead atoms. The number of nitro benzene ring substituents is 2. The minimum absolute atomic E-state index is 0. The zero-order chi connectivity index (χ0) is 62.2. The van der Waals surface area contributed by atoms with E-state index in [2.05, 4.69) is 118 Å². The predicted molar refractivity (Wildman–Crippen MR) is 330 cm³/mol. The van der Waals surface area contributed by atoms with Crippen molar-refractivity contribution in [2.24, 2.45) is 35.5 Å². The van der Waals surface area contributed by atoms with Crippen LogP contribution in [0.3, 0.4) is 0 Å². The number of halogens is 2. The third kappa shape index (κ3) is 23.6. The first kappa shape index (κ1) is 70.7. The molecule has 82 heavy (non-hydrogen) atoms. The molecule has 3 N–H and O–H groups in total. The van der Waals surface area contributed by atoms with Crippen LogP contribution >= 0.6 is 0 Å². The maximum Gasteiger partial charge on any atom is 0.323 e. The summed E-state index contributed by atoms with van der Waals surface area (Å²) in [5.41, 5.74) is 2.37. The number of nitrogens with one attached hydrogen (secondary N) is 2. The molecule has 2 amide bonds. The zero-order valence-corrected chi connectivity index (χ0v) is 51.4. The number of urea groups is 1. The molecule has 0 aromatic heterocycles. The van der Waals surface area contributed by atoms with Crippen LogP contribution in [-0.4, -0.2) is 79.4 Å². The van der Waals surface area contributed by atoms with Gasteiger partial charge in [0.1, 0.15) is 23.0 Å². The standard InChI is InChI=1S/C25H33F2N3O3.C18H27N3O2.C16H23N3O2.C4H8O.H2/c1-15(2)13-30(14-16(3)4)22-10-7-17(25(5,6)23(31)32)11-21(22)29-24(33)28-20-9-8-18(26)12-19(20)27;1-13(2)11-20(12-14(3)4)16-9-8-15(18(5,6)19-7)10-17(16)21(22)23;1-12(2)10-18(11-13(3)4)15-7-6-14(9-17-5)8-16(15)19(20)21;1-2-4-5-3-1;/h7-12,15-16H,13-14H2,1-6H3,(H,31,32)(H2,28,29,33);8-10,13-14H,11-12H2,1-6H3;6-8,12-13H,9-11H2,1-4H3;1-4H2;1H. The molecule has 0 unspecified atom stereocenters. The number of aliphatic carboxylic acids is 1. The van der Waals surface area contributed by atoms with Gasteiger partial charge in [-0.1, -0.05) is 89.2 Å². The second-order valence-electron chi connectivity index (χ2n) is 24.3. The average molecular weight is 1140 g/mol. The lowest BCUT2D eigenvalue weighted by Gasteiger charge is -2.31. The van der Waals surface area contributed by atoms with Crippen LogP contribution in [0, 0.1) is 80.5 Å². The average Bonchev–Trinajstić information content (AvgIpc) is 4.02. The van der Waals surface area contributed by atoms with Gasteiger partial charge in [0.15, 0.2) is 0 Å². The summed E-state index contributed by atoms with van der Waals surface area (Å²) < 4.78 is 32.1. The largest absolute Gasteiger partial charge is 0.481 e. The second kappa shape index (κ2) is 33.5. The van der Waals surface area contributed by atoms with Gasteiger partial charge < -0.3 is 44.9 Å². The normalized spacial score (nSPS) is 12.1. The van der Waals surface area contributed by atoms with Gasteiger partial charge in [0, 0.05) is 97.1 Å². The van der Waals surface area contributed by atoms with E-state index in [1.54, 1.807) is 64.1 Å². The number of carboxylic acids is 1. The van der Waals surface area contributed by atoms with Gasteiger partial charge in [0.25, 0.3) is 16.9 Å². The molecule has 0 aliphatic carbocycles. The molecule has 0 atom stereocenters. The smallest absolute Gasteiger partial charge is 0.323 e. The highest BCUT2D eigenvalue weighted by Gasteiger charge is 2.32. The van der Waals surface area contributed by atoms with Crippen LogP contribution in [0.25, 0.3) is 9.69 Å². The monoisotopic (exact) mass is 1140 g/mol. The van der Waals surface area contributed by atoms with Crippen molar-refractivity contribution in [1.82, 2.24) is 0 Å². The number of rotatable bonds is 23. The molecular weight excluding hydrogens is 1050 g/mol. The van der Waals surface area contributed by atoms with Crippen molar-refractivity contribution < 1.29 is 39.5 Å². The number of hydrogen-bond acceptors (Lipinski definition) is 10. The summed E-state index contributed by atoms with van der Waals surface area (Å²) in [5, 5.41) is 37.7. The van der Waals surface area contributed by atoms with Crippen molar-refractivity contribution in [3.05, 3.63) is 144 Å². The van der Waals surface area contributed by atoms with Gasteiger partial charge in [-0.15, -0.1) is 0 Å². The van der Waals surface area contributed by atoms with Crippen molar-refractivity contribution in [2.45, 2.75) is 141 Å². The van der Waals surface area contributed by atoms with Gasteiger partial charge in [0.05, 0.1) is 32.3 Å². The van der Waals surface area contributed by atoms with Crippen LogP contribution in [0.5, 0.6) is 0 Å². The summed E-state index contributed by atoms with van der Waals surface area (Å²) in [5.74, 6) is -0.296. The minimum atomic E-state index is -1.19. The van der Waals surface area contributed by atoms with Gasteiger partial charge >= 0.3 is 12.0 Å². The minimum Gasteiger partial charge on any atom is -0.481 e. The Morgan fingerprint density at radius 3 is 1.43 bits per heavy atom. The molecule has 5 rings (SSSR count). The molecule has 0 spiro atoms. The zero-order valence-electron chi connectivity index (χ0n) is 51.4. The Morgan fingerprint density at radius 2 is 1.04 bits per heavy atom. The maximum atomic E-state index is 14.0. The van der Waals surface area contributed by atoms with Crippen molar-refractivity contribution in [3.8, 4) is 0 Å². The molecule has 452 valence electrons. The van der Waals surface area contributed by atoms with Gasteiger partial charge in [-0.2, -0.15) is 0 Å². The summed E-state index contributed by atoms with van der Waals surface area (Å²) >= 11 is 0. The summed E-state index contributed by atoms with van der Waals surface area (Å²) in [6.45, 7) is 52.8. The molecule has 17 nitrogen and oxygen atoms in total. The number of carboxylic acid groups (broad SMARTS) is 1. The van der Waals surface area contributed by atoms with Gasteiger partial charge in [0.2, 0.25) is 6.54 Å². The molecule has 1 fully saturated rings. The number of nitrogens with zero attached hydrogens (tertiary/aromatic N) is 7. The molecule has 0 saturated carbocycles. The fourth-order valence-electron chi connectivity index (χ4n) is 8.81. The van der Waals surface area contributed by atoms with Crippen LogP contribution in [-0.2, 0) is 27.0 Å². The molecule has 4 aromatic rings. The molecular formula is C63H93F2N9O8. The van der Waals surface area contributed by atoms with E-state index in [4.69, 9.17) is 17.9 Å². The number of ether oxygens (including phenoxy) is 1. The third-order valence-corrected chi connectivity index (χ3v) is 12.7. The Balaban J connectivity index is 0.000000608. The number of amides is 2. The van der Waals surface area contributed by atoms with Crippen molar-refractivity contribution in [1.29, 1.82) is 0 Å². The van der Waals surface area contributed by atoms with Crippen LogP contribution in [0.1, 0.15) is 142 Å². The predicted octanol–water partition coefficient (Wildman–Crippen LogP) is 16.1. The molecule has 19 heteroatoms. The molecule has 4 aromatic carbocycles. The SMILES string of the molecule is C1CCOC1.CC(C)CN(CC(C)C)c1ccc(C(C)(C)C(=O)O)cc1NC(=O)Nc1ccc(F)cc1F.[C-]#[N+]C(C)(C)c1ccc(N(CC(C)C)CC(C)C)c([N+](=O)[O-])c1.[C-]#[N+]Cc1ccc(N(CC(C)C)CC(C)C)c([N+](=O)[O-])c1.[HH]. The summed E-state index contributed by atoms with van der Waals surface area (Å²) in [6, 6.07) is 17.7. The Hall–Kier alpha value is -7.38. The fraction of sp³-hybridized carbons (Fsp3) is 0.556. The highest BCUT2D eigenvalue weighted by molar-refractivity contribution is 6.02. The summed E-state index contributed by atoms with van der Waals surface area (Å²) in [6.07, 6.45) is 2.56. The van der Waals surface area contributed by atoms with Crippen molar-refractivity contribution in [3.63, 3.8) is 0 Å². The lowest BCUT2D eigenvalue weighted by Crippen LogP contribution is -2.33. The quantitative estimate of drug-likeness (QED) is 0.0364. The maximum absolute atomic E-state index is 14.0. The molecule has 1 saturated heterocycles. The molecule has 1 aliphatic rings. The molecule has 0 radical (unpaired) electrons. The van der Waals surface area contributed by atoms with Crippen LogP contribution in [0.2, 0.25) is 0 Å². The third-order valence-electron chi connectivity index (χ3n) is 12.7. The van der Waals surface area contributed by atoms with Gasteiger partial charge in [-0.25, -0.2) is 26.7 Å². The van der Waals surface area contributed by atoms with E-state index in [0.29, 0.717) is 75.3 Å². The first-order valence-electron chi connectivity index (χ1n) is 28.3. The number of carbonyl (C=O) groups is 2. The fourth-order valence-corrected chi connectivity index (χ4v) is 8.81. The Labute approximate surface area is 488 Å². The number of nitro groups is 2. The molecule has 1 aliphatic heterocycles. The van der Waals surface area contributed by atoms with Gasteiger partial charge in [-0.3, -0.25) is 25.0 Å². The van der Waals surface area contributed by atoms with Crippen molar-refractivity contribution in [2.75, 3.05) is 77.8 Å². The molecule has 1 heterocycles. The lowest BCUT2D eigenvalue weighted by molar-refractivity contribution is -0.384. The first-order chi connectivity index (χ1) is 38.2. The van der Waals surface area contributed by atoms with E-state index in [0.717, 1.165) is 70.3 Å². The van der Waals surface area contributed by atoms with E-state index in [9.17, 15) is 43.7 Å². The Morgan fingerprint density at radius 1 is 0.622 bits per heavy atom. The van der Waals surface area contributed by atoms with Crippen LogP contribution in [0.4, 0.5) is 53.4 Å². The van der Waals surface area contributed by atoms with E-state index < -0.39 is 34.6 Å². The van der Waals surface area contributed by atoms with Crippen LogP contribution < -0.4 is 25.3 Å². The van der Waals surface area contributed by atoms with E-state index in [-0.39, 0.29) is 34.9 Å². The Bertz CT molecular complexity index is 2770. The topological polar surface area (TPSA) is 192 Å². The second-order valence-corrected chi connectivity index (χ2v) is 24.3. The lowest BCUT2D eigenvalue weighted by atomic mass is 9.84.